The van der Waals surface area contributed by atoms with Gasteiger partial charge in [-0.25, -0.2) is 4.39 Å². The molecule has 1 heterocycles. The molecule has 0 radical (unpaired) electrons. The molecule has 1 fully saturated rings. The first-order valence-corrected chi connectivity index (χ1v) is 2.92. The molecule has 1 aliphatic rings. The molecular formula is C6H12FN. The van der Waals surface area contributed by atoms with Gasteiger partial charge in [0, 0.05) is 13.1 Å². The maximum absolute atomic E-state index is 11.2. The molecule has 0 aromatic rings. The summed E-state index contributed by atoms with van der Waals surface area (Å²) < 4.78 is 11.2. The van der Waals surface area contributed by atoms with Gasteiger partial charge in [-0.15, -0.1) is 0 Å². The van der Waals surface area contributed by atoms with Crippen molar-refractivity contribution in [1.82, 2.24) is 5.32 Å². The van der Waals surface area contributed by atoms with Gasteiger partial charge in [0.25, 0.3) is 0 Å². The lowest BCUT2D eigenvalue weighted by atomic mass is 10.2. The quantitative estimate of drug-likeness (QED) is 0.506. The lowest BCUT2D eigenvalue weighted by molar-refractivity contribution is 0.614. The molecule has 0 atom stereocenters. The third kappa shape index (κ3) is 2.07. The van der Waals surface area contributed by atoms with Crippen LogP contribution in [0.5, 0.6) is 0 Å². The highest BCUT2D eigenvalue weighted by Crippen LogP contribution is 1.98. The van der Waals surface area contributed by atoms with Crippen molar-refractivity contribution in [3.05, 3.63) is 11.9 Å². The van der Waals surface area contributed by atoms with Gasteiger partial charge in [-0.1, -0.05) is 13.8 Å². The van der Waals surface area contributed by atoms with Crippen molar-refractivity contribution in [3.63, 3.8) is 0 Å². The van der Waals surface area contributed by atoms with Crippen LogP contribution in [0.15, 0.2) is 11.9 Å². The molecule has 0 aromatic heterocycles. The van der Waals surface area contributed by atoms with Gasteiger partial charge < -0.3 is 5.32 Å². The lowest BCUT2D eigenvalue weighted by Gasteiger charge is -2.15. The van der Waals surface area contributed by atoms with E-state index in [0.717, 1.165) is 18.7 Å². The Balaban J connectivity index is 0.000000222. The maximum atomic E-state index is 11.2. The fraction of sp³-hybridized carbons (Fsp3) is 0.667. The monoisotopic (exact) mass is 117 g/mol. The van der Waals surface area contributed by atoms with Crippen LogP contribution in [0.3, 0.4) is 0 Å². The van der Waals surface area contributed by atoms with E-state index in [-0.39, 0.29) is 0 Å². The minimum absolute atomic E-state index is 0.663. The van der Waals surface area contributed by atoms with Crippen LogP contribution < -0.4 is 5.32 Å². The average molecular weight is 117 g/mol. The van der Waals surface area contributed by atoms with Crippen LogP contribution in [0.25, 0.3) is 0 Å². The van der Waals surface area contributed by atoms with Crippen LogP contribution in [0.4, 0.5) is 4.39 Å². The molecule has 1 saturated heterocycles. The van der Waals surface area contributed by atoms with E-state index >= 15 is 0 Å². The zero-order valence-corrected chi connectivity index (χ0v) is 5.37. The number of rotatable bonds is 0. The summed E-state index contributed by atoms with van der Waals surface area (Å²) >= 11 is 0. The third-order valence-corrected chi connectivity index (χ3v) is 0.858. The van der Waals surface area contributed by atoms with E-state index in [1.165, 1.54) is 0 Å². The van der Waals surface area contributed by atoms with E-state index in [4.69, 9.17) is 0 Å². The highest BCUT2D eigenvalue weighted by molar-refractivity contribution is 5.10. The zero-order chi connectivity index (χ0) is 6.41. The maximum Gasteiger partial charge on any atom is 0.0884 e. The summed E-state index contributed by atoms with van der Waals surface area (Å²) in [6.07, 6.45) is 0.663. The molecular weight excluding hydrogens is 105 g/mol. The molecule has 0 aliphatic carbocycles. The topological polar surface area (TPSA) is 12.0 Å². The van der Waals surface area contributed by atoms with Crippen LogP contribution in [0, 0.1) is 0 Å². The van der Waals surface area contributed by atoms with Crippen molar-refractivity contribution >= 4 is 0 Å². The molecule has 1 aliphatic heterocycles. The minimum atomic E-state index is 0.663. The number of halogens is 1. The molecule has 0 unspecified atom stereocenters. The lowest BCUT2D eigenvalue weighted by Crippen LogP contribution is -2.33. The standard InChI is InChI=1S/C4H6FN.C2H6/c5-1-4-2-6-3-4;1-2/h1,6H,2-3H2;1-2H3. The minimum Gasteiger partial charge on any atom is -0.309 e. The van der Waals surface area contributed by atoms with Crippen LogP contribution in [0.1, 0.15) is 13.8 Å². The van der Waals surface area contributed by atoms with E-state index < -0.39 is 0 Å². The van der Waals surface area contributed by atoms with Crippen LogP contribution in [0.2, 0.25) is 0 Å². The van der Waals surface area contributed by atoms with Gasteiger partial charge in [0.15, 0.2) is 0 Å². The van der Waals surface area contributed by atoms with Crippen molar-refractivity contribution in [2.75, 3.05) is 13.1 Å². The summed E-state index contributed by atoms with van der Waals surface area (Å²) in [6, 6.07) is 0. The Kier molecular flexibility index (Phi) is 4.56. The zero-order valence-electron chi connectivity index (χ0n) is 5.37. The first-order chi connectivity index (χ1) is 3.93. The van der Waals surface area contributed by atoms with Crippen LogP contribution in [-0.2, 0) is 0 Å². The smallest absolute Gasteiger partial charge is 0.0884 e. The van der Waals surface area contributed by atoms with E-state index in [1.807, 2.05) is 13.8 Å². The molecule has 1 rings (SSSR count). The summed E-state index contributed by atoms with van der Waals surface area (Å²) in [5.41, 5.74) is 0.870. The highest BCUT2D eigenvalue weighted by atomic mass is 19.1. The summed E-state index contributed by atoms with van der Waals surface area (Å²) in [4.78, 5) is 0. The predicted octanol–water partition coefficient (Wildman–Crippen LogP) is 1.47. The molecule has 1 nitrogen and oxygen atoms in total. The summed E-state index contributed by atoms with van der Waals surface area (Å²) in [7, 11) is 0. The Labute approximate surface area is 49.6 Å². The van der Waals surface area contributed by atoms with Crippen LogP contribution in [-0.4, -0.2) is 13.1 Å². The Morgan fingerprint density at radius 3 is 2.00 bits per heavy atom. The number of hydrogen-bond acceptors (Lipinski definition) is 1. The number of hydrogen-bond donors (Lipinski definition) is 1. The second kappa shape index (κ2) is 4.78. The van der Waals surface area contributed by atoms with Gasteiger partial charge in [0.2, 0.25) is 0 Å². The molecule has 2 heteroatoms. The predicted molar refractivity (Wildman–Crippen MR) is 33.4 cm³/mol. The molecule has 1 N–H and O–H groups in total. The van der Waals surface area contributed by atoms with E-state index in [1.54, 1.807) is 0 Å². The summed E-state index contributed by atoms with van der Waals surface area (Å²) in [6.45, 7) is 5.49. The second-order valence-corrected chi connectivity index (χ2v) is 1.37. The second-order valence-electron chi connectivity index (χ2n) is 1.37. The Hall–Kier alpha value is -0.370. The van der Waals surface area contributed by atoms with Crippen molar-refractivity contribution < 1.29 is 4.39 Å². The molecule has 0 saturated carbocycles. The summed E-state index contributed by atoms with van der Waals surface area (Å²) in [5, 5.41) is 2.90. The van der Waals surface area contributed by atoms with Gasteiger partial charge in [-0.3, -0.25) is 0 Å². The Bertz CT molecular complexity index is 72.6. The van der Waals surface area contributed by atoms with Crippen molar-refractivity contribution in [1.29, 1.82) is 0 Å². The van der Waals surface area contributed by atoms with Gasteiger partial charge >= 0.3 is 0 Å². The third-order valence-electron chi connectivity index (χ3n) is 0.858. The first kappa shape index (κ1) is 7.63. The molecule has 0 amide bonds. The normalized spacial score (nSPS) is 15.6. The molecule has 0 spiro atoms. The van der Waals surface area contributed by atoms with Gasteiger partial charge in [-0.2, -0.15) is 0 Å². The van der Waals surface area contributed by atoms with Crippen molar-refractivity contribution in [3.8, 4) is 0 Å². The molecule has 0 bridgehead atoms. The van der Waals surface area contributed by atoms with Crippen molar-refractivity contribution in [2.45, 2.75) is 13.8 Å². The van der Waals surface area contributed by atoms with E-state index in [9.17, 15) is 4.39 Å². The SMILES string of the molecule is CC.FC=C1CNC1. The summed E-state index contributed by atoms with van der Waals surface area (Å²) in [5.74, 6) is 0. The van der Waals surface area contributed by atoms with Crippen molar-refractivity contribution in [2.24, 2.45) is 0 Å². The molecule has 8 heavy (non-hydrogen) atoms. The van der Waals surface area contributed by atoms with Gasteiger partial charge in [0.05, 0.1) is 6.33 Å². The van der Waals surface area contributed by atoms with Crippen LogP contribution >= 0.6 is 0 Å². The first-order valence-electron chi connectivity index (χ1n) is 2.92. The molecule has 48 valence electrons. The highest BCUT2D eigenvalue weighted by Gasteiger charge is 2.04. The Morgan fingerprint density at radius 1 is 1.50 bits per heavy atom. The Morgan fingerprint density at radius 2 is 2.00 bits per heavy atom. The van der Waals surface area contributed by atoms with Gasteiger partial charge in [0.1, 0.15) is 0 Å². The van der Waals surface area contributed by atoms with E-state index in [2.05, 4.69) is 5.32 Å². The largest absolute Gasteiger partial charge is 0.309 e. The molecule has 0 aromatic carbocycles. The van der Waals surface area contributed by atoms with Gasteiger partial charge in [-0.05, 0) is 5.57 Å². The van der Waals surface area contributed by atoms with E-state index in [0.29, 0.717) is 6.33 Å². The fourth-order valence-corrected chi connectivity index (χ4v) is 0.346. The average Bonchev–Trinajstić information content (AvgIpc) is 1.69. The number of nitrogens with one attached hydrogen (secondary N) is 1. The fourth-order valence-electron chi connectivity index (χ4n) is 0.346.